The molecule has 358 valence electrons. The van der Waals surface area contributed by atoms with Crippen LogP contribution in [0.2, 0.25) is 0 Å². The lowest BCUT2D eigenvalue weighted by molar-refractivity contribution is -0.144. The van der Waals surface area contributed by atoms with Crippen LogP contribution in [0.4, 0.5) is 4.79 Å². The fourth-order valence-electron chi connectivity index (χ4n) is 7.18. The number of carbonyl (C=O) groups excluding carboxylic acids is 4. The maximum atomic E-state index is 14.2. The van der Waals surface area contributed by atoms with Gasteiger partial charge in [0.15, 0.2) is 0 Å². The average molecular weight is 919 g/mol. The van der Waals surface area contributed by atoms with E-state index in [0.29, 0.717) is 72.1 Å². The van der Waals surface area contributed by atoms with Crippen molar-refractivity contribution in [2.45, 2.75) is 115 Å². The Morgan fingerprint density at radius 3 is 1.95 bits per heavy atom. The number of nitrogens with zero attached hydrogens (tertiary/aromatic N) is 2. The highest BCUT2D eigenvalue weighted by Crippen LogP contribution is 2.34. The number of hydrogen-bond donors (Lipinski definition) is 2. The Morgan fingerprint density at radius 1 is 0.812 bits per heavy atom. The molecule has 0 radical (unpaired) electrons. The SMILES string of the molecule is Cc1ccc(S(=O)(=O)OCCOCCOCCOCCOCCO[C@@H]2Cc3ccccc3[C@@H]2NC(=O)C2CCCN2C(=O)C(NC(=O)[C@H](C)N(C)C(=O)OC(C)(C)C)C(C)(C)C)cc1. The van der Waals surface area contributed by atoms with E-state index in [1.54, 1.807) is 44.7 Å². The van der Waals surface area contributed by atoms with Gasteiger partial charge in [0, 0.05) is 20.0 Å². The smallest absolute Gasteiger partial charge is 0.410 e. The summed E-state index contributed by atoms with van der Waals surface area (Å²) in [5.41, 5.74) is 1.53. The number of nitrogens with one attached hydrogen (secondary N) is 2. The Kier molecular flexibility index (Phi) is 20.0. The number of benzene rings is 2. The van der Waals surface area contributed by atoms with E-state index in [1.807, 2.05) is 52.0 Å². The first-order chi connectivity index (χ1) is 30.2. The van der Waals surface area contributed by atoms with E-state index >= 15 is 0 Å². The molecular formula is C46H70N4O13S. The summed E-state index contributed by atoms with van der Waals surface area (Å²) in [6.07, 6.45) is 0.686. The first-order valence-corrected chi connectivity index (χ1v) is 23.4. The van der Waals surface area contributed by atoms with E-state index in [0.717, 1.165) is 16.7 Å². The number of rotatable bonds is 24. The monoisotopic (exact) mass is 918 g/mol. The zero-order chi connectivity index (χ0) is 47.1. The summed E-state index contributed by atoms with van der Waals surface area (Å²) in [5.74, 6) is -1.17. The van der Waals surface area contributed by atoms with Crippen LogP contribution in [0, 0.1) is 12.3 Å². The summed E-state index contributed by atoms with van der Waals surface area (Å²) in [6.45, 7) is 17.2. The van der Waals surface area contributed by atoms with Gasteiger partial charge in [0.05, 0.1) is 83.1 Å². The van der Waals surface area contributed by atoms with E-state index in [2.05, 4.69) is 10.6 Å². The molecule has 4 amide bonds. The Morgan fingerprint density at radius 2 is 1.38 bits per heavy atom. The van der Waals surface area contributed by atoms with E-state index < -0.39 is 57.3 Å². The predicted octanol–water partition coefficient (Wildman–Crippen LogP) is 4.34. The number of likely N-dealkylation sites (tertiary alicyclic amines) is 1. The quantitative estimate of drug-likeness (QED) is 0.112. The van der Waals surface area contributed by atoms with Crippen LogP contribution in [-0.4, -0.2) is 152 Å². The van der Waals surface area contributed by atoms with E-state index in [1.165, 1.54) is 24.1 Å². The van der Waals surface area contributed by atoms with Gasteiger partial charge in [-0.05, 0) is 76.1 Å². The fourth-order valence-corrected chi connectivity index (χ4v) is 8.07. The van der Waals surface area contributed by atoms with Crippen LogP contribution < -0.4 is 10.6 Å². The molecule has 1 aliphatic carbocycles. The fraction of sp³-hybridized carbons (Fsp3) is 0.652. The molecule has 1 aliphatic heterocycles. The van der Waals surface area contributed by atoms with Gasteiger partial charge in [-0.3, -0.25) is 23.5 Å². The molecule has 2 aromatic rings. The van der Waals surface area contributed by atoms with Gasteiger partial charge in [0.1, 0.15) is 23.7 Å². The van der Waals surface area contributed by atoms with Crippen molar-refractivity contribution in [3.63, 3.8) is 0 Å². The molecule has 2 N–H and O–H groups in total. The van der Waals surface area contributed by atoms with Crippen molar-refractivity contribution in [2.75, 3.05) is 79.7 Å². The minimum absolute atomic E-state index is 0.0951. The van der Waals surface area contributed by atoms with Crippen LogP contribution in [0.25, 0.3) is 0 Å². The van der Waals surface area contributed by atoms with Crippen molar-refractivity contribution in [1.29, 1.82) is 0 Å². The lowest BCUT2D eigenvalue weighted by atomic mass is 9.85. The van der Waals surface area contributed by atoms with Crippen molar-refractivity contribution in [3.05, 3.63) is 65.2 Å². The molecule has 5 atom stereocenters. The van der Waals surface area contributed by atoms with Gasteiger partial charge >= 0.3 is 6.09 Å². The molecule has 2 aromatic carbocycles. The maximum absolute atomic E-state index is 14.2. The zero-order valence-corrected chi connectivity index (χ0v) is 39.8. The first kappa shape index (κ1) is 52.5. The van der Waals surface area contributed by atoms with E-state index in [4.69, 9.17) is 32.6 Å². The molecule has 18 heteroatoms. The average Bonchev–Trinajstić information content (AvgIpc) is 3.86. The van der Waals surface area contributed by atoms with E-state index in [9.17, 15) is 27.6 Å². The Balaban J connectivity index is 1.16. The molecule has 17 nitrogen and oxygen atoms in total. The molecule has 1 saturated heterocycles. The third kappa shape index (κ3) is 16.1. The number of amides is 4. The minimum atomic E-state index is -3.82. The van der Waals surface area contributed by atoms with Crippen LogP contribution in [-0.2, 0) is 63.5 Å². The third-order valence-electron chi connectivity index (χ3n) is 10.8. The maximum Gasteiger partial charge on any atom is 0.410 e. The third-order valence-corrected chi connectivity index (χ3v) is 12.1. The molecule has 0 bridgehead atoms. The molecule has 1 fully saturated rings. The summed E-state index contributed by atoms with van der Waals surface area (Å²) in [4.78, 5) is 57.3. The molecule has 0 saturated carbocycles. The molecule has 2 aliphatic rings. The van der Waals surface area contributed by atoms with Crippen LogP contribution in [0.1, 0.15) is 84.0 Å². The Labute approximate surface area is 379 Å². The van der Waals surface area contributed by atoms with Crippen LogP contribution in [0.3, 0.4) is 0 Å². The van der Waals surface area contributed by atoms with Gasteiger partial charge in [-0.2, -0.15) is 8.42 Å². The number of aryl methyl sites for hydroxylation is 1. The number of ether oxygens (including phenoxy) is 6. The molecule has 1 heterocycles. The van der Waals surface area contributed by atoms with Crippen LogP contribution in [0.15, 0.2) is 53.4 Å². The van der Waals surface area contributed by atoms with Gasteiger partial charge in [0.25, 0.3) is 10.1 Å². The molecule has 0 spiro atoms. The molecule has 2 unspecified atom stereocenters. The minimum Gasteiger partial charge on any atom is -0.444 e. The second kappa shape index (κ2) is 24.4. The lowest BCUT2D eigenvalue weighted by Crippen LogP contribution is -2.60. The van der Waals surface area contributed by atoms with Gasteiger partial charge in [-0.25, -0.2) is 4.79 Å². The van der Waals surface area contributed by atoms with Crippen LogP contribution in [0.5, 0.6) is 0 Å². The van der Waals surface area contributed by atoms with Crippen molar-refractivity contribution < 1.29 is 60.2 Å². The number of hydrogen-bond acceptors (Lipinski definition) is 13. The summed E-state index contributed by atoms with van der Waals surface area (Å²) in [7, 11) is -2.35. The summed E-state index contributed by atoms with van der Waals surface area (Å²) < 4.78 is 63.4. The normalized spacial score (nSPS) is 18.6. The van der Waals surface area contributed by atoms with Gasteiger partial charge in [0.2, 0.25) is 17.7 Å². The van der Waals surface area contributed by atoms with Crippen molar-refractivity contribution in [3.8, 4) is 0 Å². The largest absolute Gasteiger partial charge is 0.444 e. The highest BCUT2D eigenvalue weighted by atomic mass is 32.2. The molecule has 64 heavy (non-hydrogen) atoms. The van der Waals surface area contributed by atoms with Gasteiger partial charge < -0.3 is 44.0 Å². The standard InChI is InChI=1S/C46H70N4O13S/c1-32-16-18-35(19-17-32)64(55,56)62-30-28-60-26-24-58-22-21-57-23-25-59-27-29-61-38-31-34-13-10-11-14-36(34)39(38)47-42(52)37-15-12-20-50(37)43(53)40(45(3,4)5)48-41(51)33(2)49(9)44(54)63-46(6,7)8/h10-11,13-14,16-19,33,37-40H,12,15,20-31H2,1-9H3,(H,47,52)(H,48,51)/t33-,37?,38+,39-,40?/m0/s1. The topological polar surface area (TPSA) is 198 Å². The van der Waals surface area contributed by atoms with Crippen LogP contribution >= 0.6 is 0 Å². The summed E-state index contributed by atoms with van der Waals surface area (Å²) >= 11 is 0. The summed E-state index contributed by atoms with van der Waals surface area (Å²) in [6, 6.07) is 11.2. The number of likely N-dealkylation sites (N-methyl/N-ethyl adjacent to an activating group) is 1. The molecular weight excluding hydrogens is 849 g/mol. The van der Waals surface area contributed by atoms with Crippen molar-refractivity contribution in [1.82, 2.24) is 20.4 Å². The lowest BCUT2D eigenvalue weighted by Gasteiger charge is -2.37. The molecule has 4 rings (SSSR count). The van der Waals surface area contributed by atoms with E-state index in [-0.39, 0.29) is 42.6 Å². The zero-order valence-electron chi connectivity index (χ0n) is 39.0. The predicted molar refractivity (Wildman–Crippen MR) is 238 cm³/mol. The Bertz CT molecular complexity index is 1930. The second-order valence-corrected chi connectivity index (χ2v) is 19.7. The summed E-state index contributed by atoms with van der Waals surface area (Å²) in [5, 5.41) is 6.07. The highest BCUT2D eigenvalue weighted by molar-refractivity contribution is 7.86. The first-order valence-electron chi connectivity index (χ1n) is 22.0. The Hall–Kier alpha value is -4.17. The number of carbonyl (C=O) groups is 4. The molecule has 0 aromatic heterocycles. The van der Waals surface area contributed by atoms with Gasteiger partial charge in [-0.15, -0.1) is 0 Å². The highest BCUT2D eigenvalue weighted by Gasteiger charge is 2.44. The second-order valence-electron chi connectivity index (χ2n) is 18.1. The van der Waals surface area contributed by atoms with Crippen molar-refractivity contribution >= 4 is 33.9 Å². The van der Waals surface area contributed by atoms with Gasteiger partial charge in [-0.1, -0.05) is 62.7 Å². The van der Waals surface area contributed by atoms with Crippen molar-refractivity contribution in [2.24, 2.45) is 5.41 Å². The number of fused-ring (bicyclic) bond motifs is 1.